The van der Waals surface area contributed by atoms with Crippen molar-refractivity contribution in [1.29, 1.82) is 0 Å². The quantitative estimate of drug-likeness (QED) is 0.404. The van der Waals surface area contributed by atoms with Crippen LogP contribution in [0.25, 0.3) is 6.08 Å². The van der Waals surface area contributed by atoms with Gasteiger partial charge >= 0.3 is 0 Å². The molecule has 0 saturated carbocycles. The van der Waals surface area contributed by atoms with Gasteiger partial charge in [0.15, 0.2) is 0 Å². The monoisotopic (exact) mass is 367 g/mol. The summed E-state index contributed by atoms with van der Waals surface area (Å²) >= 11 is 0. The molecule has 0 aliphatic carbocycles. The van der Waals surface area contributed by atoms with E-state index in [0.717, 1.165) is 24.2 Å². The minimum absolute atomic E-state index is 0.396. The van der Waals surface area contributed by atoms with Crippen LogP contribution in [0.15, 0.2) is 54.9 Å². The van der Waals surface area contributed by atoms with Crippen LogP contribution in [0.2, 0.25) is 0 Å². The summed E-state index contributed by atoms with van der Waals surface area (Å²) in [6.07, 6.45) is 10.8. The van der Waals surface area contributed by atoms with Crippen molar-refractivity contribution in [3.63, 3.8) is 0 Å². The number of rotatable bonds is 9. The topological polar surface area (TPSA) is 80.3 Å². The molecule has 0 aliphatic heterocycles. The zero-order valence-corrected chi connectivity index (χ0v) is 15.5. The Morgan fingerprint density at radius 1 is 1.07 bits per heavy atom. The first-order valence-electron chi connectivity index (χ1n) is 9.10. The molecule has 1 heterocycles. The van der Waals surface area contributed by atoms with E-state index < -0.39 is 11.8 Å². The van der Waals surface area contributed by atoms with Gasteiger partial charge in [-0.3, -0.25) is 25.4 Å². The molecule has 2 rings (SSSR count). The average Bonchev–Trinajstić information content (AvgIpc) is 2.71. The predicted octanol–water partition coefficient (Wildman–Crippen LogP) is 3.52. The van der Waals surface area contributed by atoms with Gasteiger partial charge in [0.05, 0.1) is 6.61 Å². The Morgan fingerprint density at radius 3 is 2.59 bits per heavy atom. The van der Waals surface area contributed by atoms with E-state index in [1.807, 2.05) is 6.07 Å². The molecule has 142 valence electrons. The molecule has 1 aromatic heterocycles. The zero-order valence-electron chi connectivity index (χ0n) is 15.5. The third-order valence-corrected chi connectivity index (χ3v) is 3.79. The SMILES string of the molecule is CCCCCCOc1ccc(C(=O)NNC(=O)/C=C/c2cccnc2)cc1. The lowest BCUT2D eigenvalue weighted by molar-refractivity contribution is -0.117. The number of ether oxygens (including phenoxy) is 1. The summed E-state index contributed by atoms with van der Waals surface area (Å²) in [4.78, 5) is 27.8. The Balaban J connectivity index is 1.73. The maximum Gasteiger partial charge on any atom is 0.269 e. The van der Waals surface area contributed by atoms with Crippen LogP contribution in [0.1, 0.15) is 48.5 Å². The fourth-order valence-corrected chi connectivity index (χ4v) is 2.30. The van der Waals surface area contributed by atoms with Gasteiger partial charge in [-0.1, -0.05) is 32.3 Å². The number of benzene rings is 1. The van der Waals surface area contributed by atoms with Crippen LogP contribution in [0.5, 0.6) is 5.75 Å². The Labute approximate surface area is 159 Å². The van der Waals surface area contributed by atoms with Gasteiger partial charge in [-0.15, -0.1) is 0 Å². The predicted molar refractivity (Wildman–Crippen MR) is 105 cm³/mol. The van der Waals surface area contributed by atoms with E-state index >= 15 is 0 Å². The van der Waals surface area contributed by atoms with E-state index in [1.54, 1.807) is 48.8 Å². The fraction of sp³-hybridized carbons (Fsp3) is 0.286. The van der Waals surface area contributed by atoms with Crippen LogP contribution in [0, 0.1) is 0 Å². The fourth-order valence-electron chi connectivity index (χ4n) is 2.30. The van der Waals surface area contributed by atoms with Crippen molar-refractivity contribution >= 4 is 17.9 Å². The number of pyridine rings is 1. The normalized spacial score (nSPS) is 10.6. The largest absolute Gasteiger partial charge is 0.494 e. The number of hydrogen-bond acceptors (Lipinski definition) is 4. The van der Waals surface area contributed by atoms with Crippen molar-refractivity contribution in [3.8, 4) is 5.75 Å². The molecular weight excluding hydrogens is 342 g/mol. The van der Waals surface area contributed by atoms with Gasteiger partial charge in [0.1, 0.15) is 5.75 Å². The van der Waals surface area contributed by atoms with Gasteiger partial charge in [-0.25, -0.2) is 0 Å². The van der Waals surface area contributed by atoms with Crippen molar-refractivity contribution in [3.05, 3.63) is 66.0 Å². The standard InChI is InChI=1S/C21H25N3O3/c1-2-3-4-5-15-27-19-11-9-18(10-12-19)21(26)24-23-20(25)13-8-17-7-6-14-22-16-17/h6-14,16H,2-5,15H2,1H3,(H,23,25)(H,24,26)/b13-8+. The van der Waals surface area contributed by atoms with E-state index in [0.29, 0.717) is 12.2 Å². The molecule has 0 bridgehead atoms. The number of hydrazine groups is 1. The maximum absolute atomic E-state index is 12.1. The number of amides is 2. The van der Waals surface area contributed by atoms with Crippen molar-refractivity contribution in [2.45, 2.75) is 32.6 Å². The van der Waals surface area contributed by atoms with Crippen molar-refractivity contribution in [1.82, 2.24) is 15.8 Å². The van der Waals surface area contributed by atoms with Crippen LogP contribution >= 0.6 is 0 Å². The Kier molecular flexibility index (Phi) is 8.56. The first-order valence-corrected chi connectivity index (χ1v) is 9.10. The second-order valence-electron chi connectivity index (χ2n) is 6.00. The van der Waals surface area contributed by atoms with E-state index in [-0.39, 0.29) is 0 Å². The summed E-state index contributed by atoms with van der Waals surface area (Å²) in [5.74, 6) is -0.0988. The highest BCUT2D eigenvalue weighted by atomic mass is 16.5. The van der Waals surface area contributed by atoms with Gasteiger partial charge in [0, 0.05) is 24.0 Å². The van der Waals surface area contributed by atoms with Gasteiger partial charge in [0.2, 0.25) is 0 Å². The molecule has 1 aromatic carbocycles. The highest BCUT2D eigenvalue weighted by Crippen LogP contribution is 2.13. The minimum Gasteiger partial charge on any atom is -0.494 e. The van der Waals surface area contributed by atoms with Crippen molar-refractivity contribution in [2.75, 3.05) is 6.61 Å². The molecule has 0 fully saturated rings. The van der Waals surface area contributed by atoms with Gasteiger partial charge in [-0.05, 0) is 48.4 Å². The number of nitrogens with zero attached hydrogens (tertiary/aromatic N) is 1. The molecule has 2 N–H and O–H groups in total. The van der Waals surface area contributed by atoms with Crippen LogP contribution in [0.3, 0.4) is 0 Å². The highest BCUT2D eigenvalue weighted by Gasteiger charge is 2.06. The van der Waals surface area contributed by atoms with E-state index in [2.05, 4.69) is 22.8 Å². The number of hydrogen-bond donors (Lipinski definition) is 2. The molecule has 0 spiro atoms. The van der Waals surface area contributed by atoms with Crippen LogP contribution in [-0.4, -0.2) is 23.4 Å². The second-order valence-corrected chi connectivity index (χ2v) is 6.00. The number of nitrogens with one attached hydrogen (secondary N) is 2. The number of unbranched alkanes of at least 4 members (excludes halogenated alkanes) is 3. The molecule has 0 atom stereocenters. The summed E-state index contributed by atoms with van der Waals surface area (Å²) in [6, 6.07) is 10.4. The molecule has 6 nitrogen and oxygen atoms in total. The summed E-state index contributed by atoms with van der Waals surface area (Å²) in [6.45, 7) is 2.84. The highest BCUT2D eigenvalue weighted by molar-refractivity contribution is 5.97. The Bertz CT molecular complexity index is 743. The smallest absolute Gasteiger partial charge is 0.269 e. The van der Waals surface area contributed by atoms with Gasteiger partial charge < -0.3 is 4.74 Å². The summed E-state index contributed by atoms with van der Waals surface area (Å²) < 4.78 is 5.64. The van der Waals surface area contributed by atoms with E-state index in [9.17, 15) is 9.59 Å². The first kappa shape index (κ1) is 20.2. The lowest BCUT2D eigenvalue weighted by Gasteiger charge is -2.08. The number of carbonyl (C=O) groups is 2. The summed E-state index contributed by atoms with van der Waals surface area (Å²) in [5.41, 5.74) is 5.95. The lowest BCUT2D eigenvalue weighted by Crippen LogP contribution is -2.40. The molecule has 6 heteroatoms. The molecule has 27 heavy (non-hydrogen) atoms. The molecule has 2 aromatic rings. The maximum atomic E-state index is 12.1. The second kappa shape index (κ2) is 11.5. The zero-order chi connectivity index (χ0) is 19.3. The van der Waals surface area contributed by atoms with Crippen LogP contribution in [0.4, 0.5) is 0 Å². The molecule has 2 amide bonds. The van der Waals surface area contributed by atoms with Crippen LogP contribution < -0.4 is 15.6 Å². The molecule has 0 saturated heterocycles. The summed E-state index contributed by atoms with van der Waals surface area (Å²) in [5, 5.41) is 0. The van der Waals surface area contributed by atoms with E-state index in [1.165, 1.54) is 18.9 Å². The Morgan fingerprint density at radius 2 is 1.89 bits per heavy atom. The molecule has 0 aliphatic rings. The van der Waals surface area contributed by atoms with Crippen molar-refractivity contribution in [2.24, 2.45) is 0 Å². The summed E-state index contributed by atoms with van der Waals surface area (Å²) in [7, 11) is 0. The van der Waals surface area contributed by atoms with Gasteiger partial charge in [-0.2, -0.15) is 0 Å². The third kappa shape index (κ3) is 7.73. The van der Waals surface area contributed by atoms with Crippen LogP contribution in [-0.2, 0) is 4.79 Å². The van der Waals surface area contributed by atoms with E-state index in [4.69, 9.17) is 4.74 Å². The molecular formula is C21H25N3O3. The molecule has 0 radical (unpaired) electrons. The first-order chi connectivity index (χ1) is 13.2. The van der Waals surface area contributed by atoms with Crippen molar-refractivity contribution < 1.29 is 14.3 Å². The lowest BCUT2D eigenvalue weighted by atomic mass is 10.2. The Hall–Kier alpha value is -3.15. The van der Waals surface area contributed by atoms with Gasteiger partial charge in [0.25, 0.3) is 11.8 Å². The minimum atomic E-state index is -0.431. The number of carbonyl (C=O) groups excluding carboxylic acids is 2. The average molecular weight is 367 g/mol. The third-order valence-electron chi connectivity index (χ3n) is 3.79. The molecule has 0 unspecified atom stereocenters. The number of aromatic nitrogens is 1.